The highest BCUT2D eigenvalue weighted by Crippen LogP contribution is 2.20. The molecule has 0 spiro atoms. The van der Waals surface area contributed by atoms with E-state index in [0.29, 0.717) is 44.3 Å². The van der Waals surface area contributed by atoms with Crippen LogP contribution in [0.5, 0.6) is 0 Å². The standard InChI is InChI=1S/C20H27ClFN3O2/c21-18-13-15(22)7-8-17(18)20(27)25-11-9-24(10-12-25)14-19(26)23-16-5-3-1-2-4-6-16/h7-8,13,16H,1-6,9-12,14H2,(H,23,26). The second-order valence-corrected chi connectivity index (χ2v) is 7.86. The van der Waals surface area contributed by atoms with E-state index in [-0.39, 0.29) is 16.8 Å². The number of rotatable bonds is 4. The maximum Gasteiger partial charge on any atom is 0.255 e. The normalized spacial score (nSPS) is 19.6. The van der Waals surface area contributed by atoms with E-state index < -0.39 is 5.82 Å². The average Bonchev–Trinajstić information content (AvgIpc) is 2.90. The Bertz CT molecular complexity index is 669. The van der Waals surface area contributed by atoms with Gasteiger partial charge in [-0.15, -0.1) is 0 Å². The van der Waals surface area contributed by atoms with E-state index in [4.69, 9.17) is 11.6 Å². The molecule has 2 fully saturated rings. The summed E-state index contributed by atoms with van der Waals surface area (Å²) in [6.45, 7) is 2.72. The molecule has 1 saturated carbocycles. The Hall–Kier alpha value is -1.66. The first kappa shape index (κ1) is 20.1. The average molecular weight is 396 g/mol. The molecule has 2 amide bonds. The Balaban J connectivity index is 1.45. The maximum absolute atomic E-state index is 13.2. The molecule has 1 N–H and O–H groups in total. The van der Waals surface area contributed by atoms with Crippen LogP contribution >= 0.6 is 11.6 Å². The van der Waals surface area contributed by atoms with Gasteiger partial charge in [-0.1, -0.05) is 37.3 Å². The fraction of sp³-hybridized carbons (Fsp3) is 0.600. The molecule has 3 rings (SSSR count). The molecular formula is C20H27ClFN3O2. The van der Waals surface area contributed by atoms with E-state index in [1.165, 1.54) is 37.8 Å². The summed E-state index contributed by atoms with van der Waals surface area (Å²) in [6.07, 6.45) is 7.06. The Labute approximate surface area is 164 Å². The lowest BCUT2D eigenvalue weighted by Gasteiger charge is -2.34. The van der Waals surface area contributed by atoms with Crippen molar-refractivity contribution < 1.29 is 14.0 Å². The second-order valence-electron chi connectivity index (χ2n) is 7.45. The lowest BCUT2D eigenvalue weighted by molar-refractivity contribution is -0.123. The van der Waals surface area contributed by atoms with Crippen molar-refractivity contribution in [3.63, 3.8) is 0 Å². The second kappa shape index (κ2) is 9.51. The fourth-order valence-corrected chi connectivity index (χ4v) is 4.09. The number of carbonyl (C=O) groups excluding carboxylic acids is 2. The van der Waals surface area contributed by atoms with Crippen molar-refractivity contribution in [1.29, 1.82) is 0 Å². The van der Waals surface area contributed by atoms with Crippen LogP contribution in [0.4, 0.5) is 4.39 Å². The highest BCUT2D eigenvalue weighted by atomic mass is 35.5. The van der Waals surface area contributed by atoms with Crippen LogP contribution in [-0.2, 0) is 4.79 Å². The van der Waals surface area contributed by atoms with Crippen molar-refractivity contribution in [3.05, 3.63) is 34.6 Å². The first-order chi connectivity index (χ1) is 13.0. The maximum atomic E-state index is 13.2. The number of piperazine rings is 1. The van der Waals surface area contributed by atoms with Gasteiger partial charge in [-0.05, 0) is 31.0 Å². The van der Waals surface area contributed by atoms with Gasteiger partial charge in [-0.25, -0.2) is 4.39 Å². The molecule has 27 heavy (non-hydrogen) atoms. The first-order valence-corrected chi connectivity index (χ1v) is 10.2. The number of nitrogens with one attached hydrogen (secondary N) is 1. The highest BCUT2D eigenvalue weighted by molar-refractivity contribution is 6.33. The Kier molecular flexibility index (Phi) is 7.07. The van der Waals surface area contributed by atoms with Crippen molar-refractivity contribution in [1.82, 2.24) is 15.1 Å². The molecular weight excluding hydrogens is 369 g/mol. The van der Waals surface area contributed by atoms with Gasteiger partial charge in [-0.2, -0.15) is 0 Å². The van der Waals surface area contributed by atoms with Crippen LogP contribution in [0, 0.1) is 5.82 Å². The van der Waals surface area contributed by atoms with E-state index in [9.17, 15) is 14.0 Å². The molecule has 1 aromatic rings. The van der Waals surface area contributed by atoms with Crippen molar-refractivity contribution in [2.75, 3.05) is 32.7 Å². The largest absolute Gasteiger partial charge is 0.352 e. The van der Waals surface area contributed by atoms with Gasteiger partial charge in [0, 0.05) is 32.2 Å². The fourth-order valence-electron chi connectivity index (χ4n) is 3.84. The summed E-state index contributed by atoms with van der Waals surface area (Å²) < 4.78 is 13.2. The zero-order valence-corrected chi connectivity index (χ0v) is 16.3. The van der Waals surface area contributed by atoms with Gasteiger partial charge in [0.2, 0.25) is 5.91 Å². The van der Waals surface area contributed by atoms with Gasteiger partial charge in [0.05, 0.1) is 17.1 Å². The molecule has 1 aliphatic heterocycles. The third-order valence-electron chi connectivity index (χ3n) is 5.41. The van der Waals surface area contributed by atoms with Gasteiger partial charge in [-0.3, -0.25) is 14.5 Å². The zero-order chi connectivity index (χ0) is 19.2. The minimum Gasteiger partial charge on any atom is -0.352 e. The van der Waals surface area contributed by atoms with E-state index in [1.54, 1.807) is 4.90 Å². The molecule has 7 heteroatoms. The predicted molar refractivity (Wildman–Crippen MR) is 103 cm³/mol. The van der Waals surface area contributed by atoms with Crippen LogP contribution in [0.3, 0.4) is 0 Å². The minimum atomic E-state index is -0.457. The molecule has 0 unspecified atom stereocenters. The summed E-state index contributed by atoms with van der Waals surface area (Å²) in [4.78, 5) is 28.7. The molecule has 0 bridgehead atoms. The molecule has 148 valence electrons. The molecule has 1 heterocycles. The van der Waals surface area contributed by atoms with E-state index in [1.807, 2.05) is 0 Å². The lowest BCUT2D eigenvalue weighted by atomic mass is 10.1. The first-order valence-electron chi connectivity index (χ1n) is 9.79. The number of nitrogens with zero attached hydrogens (tertiary/aromatic N) is 2. The van der Waals surface area contributed by atoms with Crippen molar-refractivity contribution in [3.8, 4) is 0 Å². The zero-order valence-electron chi connectivity index (χ0n) is 15.6. The highest BCUT2D eigenvalue weighted by Gasteiger charge is 2.25. The number of amides is 2. The van der Waals surface area contributed by atoms with Crippen LogP contribution in [0.1, 0.15) is 48.9 Å². The van der Waals surface area contributed by atoms with Crippen LogP contribution in [-0.4, -0.2) is 60.4 Å². The molecule has 5 nitrogen and oxygen atoms in total. The molecule has 2 aliphatic rings. The number of benzene rings is 1. The summed E-state index contributed by atoms with van der Waals surface area (Å²) in [5.74, 6) is -0.577. The Morgan fingerprint density at radius 3 is 2.37 bits per heavy atom. The van der Waals surface area contributed by atoms with E-state index in [2.05, 4.69) is 10.2 Å². The van der Waals surface area contributed by atoms with Crippen molar-refractivity contribution in [2.45, 2.75) is 44.6 Å². The van der Waals surface area contributed by atoms with Crippen LogP contribution in [0.15, 0.2) is 18.2 Å². The topological polar surface area (TPSA) is 52.7 Å². The summed E-state index contributed by atoms with van der Waals surface area (Å²) in [5.41, 5.74) is 0.317. The van der Waals surface area contributed by atoms with Crippen LogP contribution in [0.25, 0.3) is 0 Å². The monoisotopic (exact) mass is 395 g/mol. The van der Waals surface area contributed by atoms with E-state index in [0.717, 1.165) is 18.9 Å². The lowest BCUT2D eigenvalue weighted by Crippen LogP contribution is -2.51. The molecule has 0 aromatic heterocycles. The number of carbonyl (C=O) groups is 2. The van der Waals surface area contributed by atoms with Crippen molar-refractivity contribution in [2.24, 2.45) is 0 Å². The quantitative estimate of drug-likeness (QED) is 0.797. The van der Waals surface area contributed by atoms with E-state index >= 15 is 0 Å². The molecule has 0 atom stereocenters. The smallest absolute Gasteiger partial charge is 0.255 e. The van der Waals surface area contributed by atoms with Gasteiger partial charge in [0.25, 0.3) is 5.91 Å². The third-order valence-corrected chi connectivity index (χ3v) is 5.72. The van der Waals surface area contributed by atoms with Gasteiger partial charge in [0.15, 0.2) is 0 Å². The summed E-state index contributed by atoms with van der Waals surface area (Å²) in [7, 11) is 0. The molecule has 1 aliphatic carbocycles. The van der Waals surface area contributed by atoms with Gasteiger partial charge >= 0.3 is 0 Å². The third kappa shape index (κ3) is 5.66. The van der Waals surface area contributed by atoms with Gasteiger partial charge in [0.1, 0.15) is 5.82 Å². The molecule has 0 radical (unpaired) electrons. The summed E-state index contributed by atoms with van der Waals surface area (Å²) >= 11 is 5.99. The number of hydrogen-bond acceptors (Lipinski definition) is 3. The van der Waals surface area contributed by atoms with Gasteiger partial charge < -0.3 is 10.2 Å². The predicted octanol–water partition coefficient (Wildman–Crippen LogP) is 3.08. The van der Waals surface area contributed by atoms with Crippen molar-refractivity contribution >= 4 is 23.4 Å². The molecule has 1 saturated heterocycles. The molecule has 1 aromatic carbocycles. The SMILES string of the molecule is O=C(CN1CCN(C(=O)c2ccc(F)cc2Cl)CC1)NC1CCCCCC1. The summed E-state index contributed by atoms with van der Waals surface area (Å²) in [5, 5.41) is 3.29. The van der Waals surface area contributed by atoms with Crippen LogP contribution < -0.4 is 5.32 Å². The number of halogens is 2. The Morgan fingerprint density at radius 2 is 1.74 bits per heavy atom. The number of hydrogen-bond donors (Lipinski definition) is 1. The summed E-state index contributed by atoms with van der Waals surface area (Å²) in [6, 6.07) is 4.13. The Morgan fingerprint density at radius 1 is 1.07 bits per heavy atom. The minimum absolute atomic E-state index is 0.0725. The van der Waals surface area contributed by atoms with Crippen LogP contribution in [0.2, 0.25) is 5.02 Å².